The molecule has 0 spiro atoms. The molecule has 0 bridgehead atoms. The highest BCUT2D eigenvalue weighted by Gasteiger charge is 2.42. The monoisotopic (exact) mass is 265 g/mol. The summed E-state index contributed by atoms with van der Waals surface area (Å²) in [6.07, 6.45) is 1.57. The molecule has 5 heteroatoms. The van der Waals surface area contributed by atoms with Gasteiger partial charge in [0.2, 0.25) is 0 Å². The van der Waals surface area contributed by atoms with Gasteiger partial charge in [0, 0.05) is 6.04 Å². The van der Waals surface area contributed by atoms with Crippen LogP contribution in [-0.4, -0.2) is 37.9 Å². The standard InChI is InChI=1S/C14H19NO4/c1-18-12-4-3-9(7-13(12)19-2)5-6-15-11-8-10(11)14(16)17/h3-4,7,10-11,15H,5-6,8H2,1-2H3,(H,16,17). The first-order valence-electron chi connectivity index (χ1n) is 6.32. The van der Waals surface area contributed by atoms with E-state index in [0.29, 0.717) is 5.75 Å². The second-order valence-electron chi connectivity index (χ2n) is 4.68. The summed E-state index contributed by atoms with van der Waals surface area (Å²) in [6, 6.07) is 5.95. The fraction of sp³-hybridized carbons (Fsp3) is 0.500. The lowest BCUT2D eigenvalue weighted by Gasteiger charge is -2.10. The molecule has 5 nitrogen and oxygen atoms in total. The lowest BCUT2D eigenvalue weighted by atomic mass is 10.1. The predicted molar refractivity (Wildman–Crippen MR) is 70.8 cm³/mol. The summed E-state index contributed by atoms with van der Waals surface area (Å²) in [7, 11) is 3.22. The predicted octanol–water partition coefficient (Wildman–Crippen LogP) is 1.31. The van der Waals surface area contributed by atoms with Crippen LogP contribution in [0.5, 0.6) is 11.5 Å². The normalized spacial score (nSPS) is 20.9. The van der Waals surface area contributed by atoms with E-state index in [1.165, 1.54) is 0 Å². The largest absolute Gasteiger partial charge is 0.493 e. The minimum atomic E-state index is -0.705. The second-order valence-corrected chi connectivity index (χ2v) is 4.68. The van der Waals surface area contributed by atoms with Crippen molar-refractivity contribution in [3.05, 3.63) is 23.8 Å². The van der Waals surface area contributed by atoms with Gasteiger partial charge in [-0.2, -0.15) is 0 Å². The van der Waals surface area contributed by atoms with Crippen molar-refractivity contribution in [2.24, 2.45) is 5.92 Å². The summed E-state index contributed by atoms with van der Waals surface area (Å²) in [6.45, 7) is 0.768. The van der Waals surface area contributed by atoms with E-state index in [9.17, 15) is 4.79 Å². The SMILES string of the molecule is COc1ccc(CCNC2CC2C(=O)O)cc1OC. The van der Waals surface area contributed by atoms with E-state index < -0.39 is 5.97 Å². The molecule has 1 aromatic carbocycles. The summed E-state index contributed by atoms with van der Waals surface area (Å²) in [5.74, 6) is 0.524. The van der Waals surface area contributed by atoms with Crippen molar-refractivity contribution < 1.29 is 19.4 Å². The van der Waals surface area contributed by atoms with Gasteiger partial charge >= 0.3 is 5.97 Å². The molecule has 0 amide bonds. The first-order chi connectivity index (χ1) is 9.15. The average Bonchev–Trinajstić information content (AvgIpc) is 3.18. The zero-order valence-corrected chi connectivity index (χ0v) is 11.2. The number of carboxylic acids is 1. The minimum absolute atomic E-state index is 0.137. The molecule has 1 aliphatic carbocycles. The number of methoxy groups -OCH3 is 2. The van der Waals surface area contributed by atoms with Gasteiger partial charge in [-0.25, -0.2) is 0 Å². The first-order valence-corrected chi connectivity index (χ1v) is 6.32. The van der Waals surface area contributed by atoms with Gasteiger partial charge in [0.1, 0.15) is 0 Å². The lowest BCUT2D eigenvalue weighted by Crippen LogP contribution is -2.23. The molecule has 0 saturated heterocycles. The number of carbonyl (C=O) groups is 1. The molecular weight excluding hydrogens is 246 g/mol. The van der Waals surface area contributed by atoms with Crippen LogP contribution in [0.25, 0.3) is 0 Å². The molecule has 2 rings (SSSR count). The third-order valence-corrected chi connectivity index (χ3v) is 3.38. The lowest BCUT2D eigenvalue weighted by molar-refractivity contribution is -0.138. The van der Waals surface area contributed by atoms with Crippen LogP contribution in [0, 0.1) is 5.92 Å². The highest BCUT2D eigenvalue weighted by atomic mass is 16.5. The van der Waals surface area contributed by atoms with Crippen LogP contribution >= 0.6 is 0 Å². The third kappa shape index (κ3) is 3.38. The molecule has 1 aromatic rings. The quantitative estimate of drug-likeness (QED) is 0.778. The molecule has 104 valence electrons. The maximum atomic E-state index is 10.7. The fourth-order valence-corrected chi connectivity index (χ4v) is 2.13. The molecule has 19 heavy (non-hydrogen) atoms. The minimum Gasteiger partial charge on any atom is -0.493 e. The van der Waals surface area contributed by atoms with E-state index in [4.69, 9.17) is 14.6 Å². The highest BCUT2D eigenvalue weighted by molar-refractivity contribution is 5.74. The van der Waals surface area contributed by atoms with E-state index in [1.807, 2.05) is 18.2 Å². The number of aliphatic carboxylic acids is 1. The van der Waals surface area contributed by atoms with Crippen molar-refractivity contribution in [2.75, 3.05) is 20.8 Å². The maximum Gasteiger partial charge on any atom is 0.308 e. The Bertz CT molecular complexity index is 461. The molecule has 0 aromatic heterocycles. The van der Waals surface area contributed by atoms with Crippen LogP contribution in [0.3, 0.4) is 0 Å². The Labute approximate surface area is 112 Å². The van der Waals surface area contributed by atoms with E-state index in [0.717, 1.165) is 30.7 Å². The van der Waals surface area contributed by atoms with Crippen molar-refractivity contribution in [3.63, 3.8) is 0 Å². The van der Waals surface area contributed by atoms with Gasteiger partial charge in [-0.3, -0.25) is 4.79 Å². The van der Waals surface area contributed by atoms with Crippen LogP contribution < -0.4 is 14.8 Å². The third-order valence-electron chi connectivity index (χ3n) is 3.38. The second kappa shape index (κ2) is 5.93. The van der Waals surface area contributed by atoms with Gasteiger partial charge in [-0.1, -0.05) is 6.07 Å². The molecule has 0 heterocycles. The number of nitrogens with one attached hydrogen (secondary N) is 1. The van der Waals surface area contributed by atoms with E-state index >= 15 is 0 Å². The highest BCUT2D eigenvalue weighted by Crippen LogP contribution is 2.30. The fourth-order valence-electron chi connectivity index (χ4n) is 2.13. The number of hydrogen-bond acceptors (Lipinski definition) is 4. The van der Waals surface area contributed by atoms with Crippen molar-refractivity contribution in [2.45, 2.75) is 18.9 Å². The van der Waals surface area contributed by atoms with Crippen LogP contribution in [0.4, 0.5) is 0 Å². The van der Waals surface area contributed by atoms with E-state index in [-0.39, 0.29) is 12.0 Å². The van der Waals surface area contributed by atoms with E-state index in [2.05, 4.69) is 5.32 Å². The van der Waals surface area contributed by atoms with Gasteiger partial charge in [-0.15, -0.1) is 0 Å². The molecule has 2 atom stereocenters. The van der Waals surface area contributed by atoms with Gasteiger partial charge in [0.25, 0.3) is 0 Å². The van der Waals surface area contributed by atoms with Crippen LogP contribution in [0.2, 0.25) is 0 Å². The molecule has 0 radical (unpaired) electrons. The average molecular weight is 265 g/mol. The van der Waals surface area contributed by atoms with Crippen LogP contribution in [0.1, 0.15) is 12.0 Å². The maximum absolute atomic E-state index is 10.7. The van der Waals surface area contributed by atoms with Crippen molar-refractivity contribution in [1.29, 1.82) is 0 Å². The summed E-state index contributed by atoms with van der Waals surface area (Å²) in [5, 5.41) is 12.0. The Morgan fingerprint density at radius 1 is 1.37 bits per heavy atom. The molecule has 2 N–H and O–H groups in total. The Morgan fingerprint density at radius 2 is 2.11 bits per heavy atom. The van der Waals surface area contributed by atoms with Crippen molar-refractivity contribution >= 4 is 5.97 Å². The van der Waals surface area contributed by atoms with Gasteiger partial charge < -0.3 is 19.9 Å². The molecule has 1 saturated carbocycles. The van der Waals surface area contributed by atoms with Crippen LogP contribution in [0.15, 0.2) is 18.2 Å². The summed E-state index contributed by atoms with van der Waals surface area (Å²) in [5.41, 5.74) is 1.14. The van der Waals surface area contributed by atoms with Gasteiger partial charge in [-0.05, 0) is 37.1 Å². The smallest absolute Gasteiger partial charge is 0.308 e. The zero-order chi connectivity index (χ0) is 13.8. The van der Waals surface area contributed by atoms with Gasteiger partial charge in [0.15, 0.2) is 11.5 Å². The molecule has 1 fully saturated rings. The number of benzene rings is 1. The summed E-state index contributed by atoms with van der Waals surface area (Å²) < 4.78 is 10.4. The topological polar surface area (TPSA) is 67.8 Å². The number of ether oxygens (including phenoxy) is 2. The molecule has 2 unspecified atom stereocenters. The zero-order valence-electron chi connectivity index (χ0n) is 11.2. The first kappa shape index (κ1) is 13.7. The molecule has 0 aliphatic heterocycles. The van der Waals surface area contributed by atoms with Crippen LogP contribution in [-0.2, 0) is 11.2 Å². The number of carboxylic acid groups (broad SMARTS) is 1. The Morgan fingerprint density at radius 3 is 2.68 bits per heavy atom. The molecular formula is C14H19NO4. The van der Waals surface area contributed by atoms with Crippen molar-refractivity contribution in [3.8, 4) is 11.5 Å². The summed E-state index contributed by atoms with van der Waals surface area (Å²) >= 11 is 0. The Balaban J connectivity index is 1.82. The van der Waals surface area contributed by atoms with Gasteiger partial charge in [0.05, 0.1) is 20.1 Å². The number of rotatable bonds is 7. The Hall–Kier alpha value is -1.75. The Kier molecular flexibility index (Phi) is 4.27. The summed E-state index contributed by atoms with van der Waals surface area (Å²) in [4.78, 5) is 10.7. The van der Waals surface area contributed by atoms with E-state index in [1.54, 1.807) is 14.2 Å². The molecule has 1 aliphatic rings. The number of hydrogen-bond donors (Lipinski definition) is 2. The van der Waals surface area contributed by atoms with Crippen molar-refractivity contribution in [1.82, 2.24) is 5.32 Å².